The van der Waals surface area contributed by atoms with E-state index in [9.17, 15) is 29.4 Å². The van der Waals surface area contributed by atoms with Crippen LogP contribution in [0.15, 0.2) is 36.5 Å². The highest BCUT2D eigenvalue weighted by Crippen LogP contribution is 2.40. The summed E-state index contributed by atoms with van der Waals surface area (Å²) in [5.41, 5.74) is 0. The van der Waals surface area contributed by atoms with Crippen molar-refractivity contribution in [1.82, 2.24) is 0 Å². The summed E-state index contributed by atoms with van der Waals surface area (Å²) in [6.45, 7) is 5.91. The first-order chi connectivity index (χ1) is 14.0. The molecule has 1 fully saturated rings. The van der Waals surface area contributed by atoms with Crippen LogP contribution in [0, 0.1) is 11.8 Å². The molecule has 0 unspecified atom stereocenters. The van der Waals surface area contributed by atoms with Crippen LogP contribution in [0.3, 0.4) is 0 Å². The Bertz CT molecular complexity index is 651. The van der Waals surface area contributed by atoms with Gasteiger partial charge in [0.25, 0.3) is 0 Å². The maximum Gasteiger partial charge on any atom is 0.469 e. The number of aliphatic hydroxyl groups is 2. The number of allylic oxidation sites excluding steroid dienone is 3. The van der Waals surface area contributed by atoms with Gasteiger partial charge in [-0.05, 0) is 37.7 Å². The van der Waals surface area contributed by atoms with Crippen molar-refractivity contribution in [3.05, 3.63) is 36.5 Å². The lowest BCUT2D eigenvalue weighted by Crippen LogP contribution is -2.35. The molecule has 1 rings (SSSR count). The number of ether oxygens (including phenoxy) is 1. The molecule has 1 heterocycles. The second-order valence-corrected chi connectivity index (χ2v) is 9.18. The minimum absolute atomic E-state index is 0.0577. The summed E-state index contributed by atoms with van der Waals surface area (Å²) in [7, 11) is -4.78. The van der Waals surface area contributed by atoms with Crippen LogP contribution in [0.2, 0.25) is 0 Å². The highest BCUT2D eigenvalue weighted by molar-refractivity contribution is 7.46. The smallest absolute Gasteiger partial charge is 0.455 e. The van der Waals surface area contributed by atoms with E-state index in [4.69, 9.17) is 9.26 Å². The molecule has 0 saturated carbocycles. The summed E-state index contributed by atoms with van der Waals surface area (Å²) in [6.07, 6.45) is 8.98. The van der Waals surface area contributed by atoms with Gasteiger partial charge < -0.3 is 24.7 Å². The molecule has 0 aromatic carbocycles. The average Bonchev–Trinajstić information content (AvgIpc) is 2.64. The molecule has 0 spiro atoms. The van der Waals surface area contributed by atoms with Gasteiger partial charge in [-0.3, -0.25) is 9.32 Å². The lowest BCUT2D eigenvalue weighted by atomic mass is 9.94. The van der Waals surface area contributed by atoms with Crippen LogP contribution in [0.5, 0.6) is 0 Å². The molecule has 172 valence electrons. The summed E-state index contributed by atoms with van der Waals surface area (Å²) >= 11 is 0. The number of cyclic esters (lactones) is 1. The van der Waals surface area contributed by atoms with Crippen molar-refractivity contribution >= 4 is 13.8 Å². The van der Waals surface area contributed by atoms with Crippen LogP contribution in [0.1, 0.15) is 52.9 Å². The van der Waals surface area contributed by atoms with Gasteiger partial charge in [0.1, 0.15) is 6.10 Å². The fourth-order valence-corrected chi connectivity index (χ4v) is 3.57. The lowest BCUT2D eigenvalue weighted by Gasteiger charge is -2.27. The topological polar surface area (TPSA) is 134 Å². The Morgan fingerprint density at radius 2 is 1.93 bits per heavy atom. The maximum atomic E-state index is 11.4. The highest BCUT2D eigenvalue weighted by Gasteiger charge is 2.30. The summed E-state index contributed by atoms with van der Waals surface area (Å²) in [5.74, 6) is -0.420. The standard InChI is InChI=1S/C21H35O8P/c1-15(2)9-6-4-5-7-10-17(22)16(3)19(29-30(25,26)27)11-8-12-20-18(23)13-14-21(24)28-20/h4-5,7-8,10,12,15-20,22-23H,6,9,11,13-14H2,1-3H3,(H2,25,26,27)/b5-4-,10-7-,12-8+/t16-,17-,18-,19-,20-/m0/s1. The molecule has 9 heteroatoms. The highest BCUT2D eigenvalue weighted by atomic mass is 31.2. The molecule has 5 atom stereocenters. The van der Waals surface area contributed by atoms with E-state index >= 15 is 0 Å². The predicted octanol–water partition coefficient (Wildman–Crippen LogP) is 3.02. The zero-order chi connectivity index (χ0) is 22.7. The van der Waals surface area contributed by atoms with Gasteiger partial charge in [0.15, 0.2) is 0 Å². The molecular weight excluding hydrogens is 411 g/mol. The zero-order valence-corrected chi connectivity index (χ0v) is 18.7. The van der Waals surface area contributed by atoms with Gasteiger partial charge in [-0.1, -0.05) is 51.2 Å². The third-order valence-electron chi connectivity index (χ3n) is 4.85. The number of esters is 1. The van der Waals surface area contributed by atoms with E-state index in [2.05, 4.69) is 13.8 Å². The second-order valence-electron chi connectivity index (χ2n) is 7.99. The predicted molar refractivity (Wildman–Crippen MR) is 113 cm³/mol. The average molecular weight is 446 g/mol. The summed E-state index contributed by atoms with van der Waals surface area (Å²) < 4.78 is 21.3. The largest absolute Gasteiger partial charge is 0.469 e. The normalized spacial score (nSPS) is 24.1. The Labute approximate surface area is 178 Å². The maximum absolute atomic E-state index is 11.4. The lowest BCUT2D eigenvalue weighted by molar-refractivity contribution is -0.159. The van der Waals surface area contributed by atoms with Gasteiger partial charge in [-0.2, -0.15) is 0 Å². The summed E-state index contributed by atoms with van der Waals surface area (Å²) in [4.78, 5) is 29.8. The van der Waals surface area contributed by atoms with E-state index in [0.717, 1.165) is 12.8 Å². The minimum atomic E-state index is -4.78. The summed E-state index contributed by atoms with van der Waals surface area (Å²) in [6, 6.07) is 0. The molecule has 1 aliphatic heterocycles. The van der Waals surface area contributed by atoms with Crippen LogP contribution in [0.4, 0.5) is 0 Å². The van der Waals surface area contributed by atoms with Gasteiger partial charge in [-0.15, -0.1) is 0 Å². The zero-order valence-electron chi connectivity index (χ0n) is 17.8. The fraction of sp³-hybridized carbons (Fsp3) is 0.667. The molecule has 8 nitrogen and oxygen atoms in total. The number of hydrogen-bond donors (Lipinski definition) is 4. The molecule has 1 aliphatic rings. The SMILES string of the molecule is CC(C)CC/C=C\C=C/[C@H](O)[C@H](C)[C@H](C/C=C/[C@@H]1OC(=O)CC[C@@H]1O)OP(=O)(O)O. The van der Waals surface area contributed by atoms with Crippen molar-refractivity contribution in [2.24, 2.45) is 11.8 Å². The van der Waals surface area contributed by atoms with E-state index < -0.39 is 44.1 Å². The minimum Gasteiger partial charge on any atom is -0.455 e. The number of phosphoric acid groups is 1. The fourth-order valence-electron chi connectivity index (χ4n) is 2.94. The molecule has 0 aliphatic carbocycles. The van der Waals surface area contributed by atoms with E-state index in [1.165, 1.54) is 12.2 Å². The van der Waals surface area contributed by atoms with Crippen LogP contribution >= 0.6 is 7.82 Å². The van der Waals surface area contributed by atoms with Gasteiger partial charge in [-0.25, -0.2) is 4.57 Å². The molecule has 30 heavy (non-hydrogen) atoms. The number of rotatable bonds is 12. The number of phosphoric ester groups is 1. The van der Waals surface area contributed by atoms with E-state index in [1.807, 2.05) is 12.2 Å². The number of hydrogen-bond acceptors (Lipinski definition) is 6. The Hall–Kier alpha value is -1.28. The number of carbonyl (C=O) groups excluding carboxylic acids is 1. The van der Waals surface area contributed by atoms with Gasteiger partial charge in [0.2, 0.25) is 0 Å². The Balaban J connectivity index is 2.70. The van der Waals surface area contributed by atoms with Gasteiger partial charge in [0.05, 0.1) is 18.3 Å². The van der Waals surface area contributed by atoms with Crippen molar-refractivity contribution in [3.63, 3.8) is 0 Å². The van der Waals surface area contributed by atoms with Crippen molar-refractivity contribution in [1.29, 1.82) is 0 Å². The van der Waals surface area contributed by atoms with Gasteiger partial charge >= 0.3 is 13.8 Å². The van der Waals surface area contributed by atoms with Crippen LogP contribution in [-0.4, -0.2) is 50.4 Å². The van der Waals surface area contributed by atoms with Crippen LogP contribution in [0.25, 0.3) is 0 Å². The Morgan fingerprint density at radius 1 is 1.23 bits per heavy atom. The molecule has 0 bridgehead atoms. The van der Waals surface area contributed by atoms with Crippen LogP contribution in [-0.2, 0) is 18.6 Å². The molecule has 0 aromatic rings. The second kappa shape index (κ2) is 13.2. The molecule has 1 saturated heterocycles. The monoisotopic (exact) mass is 446 g/mol. The first-order valence-electron chi connectivity index (χ1n) is 10.3. The van der Waals surface area contributed by atoms with Crippen molar-refractivity contribution in [3.8, 4) is 0 Å². The van der Waals surface area contributed by atoms with E-state index in [1.54, 1.807) is 19.1 Å². The summed E-state index contributed by atoms with van der Waals surface area (Å²) in [5, 5.41) is 20.3. The first-order valence-corrected chi connectivity index (χ1v) is 11.8. The van der Waals surface area contributed by atoms with E-state index in [0.29, 0.717) is 12.3 Å². The third kappa shape index (κ3) is 11.2. The molecular formula is C21H35O8P. The van der Waals surface area contributed by atoms with Gasteiger partial charge in [0, 0.05) is 12.3 Å². The van der Waals surface area contributed by atoms with Crippen molar-refractivity contribution in [2.75, 3.05) is 0 Å². The van der Waals surface area contributed by atoms with Crippen molar-refractivity contribution in [2.45, 2.75) is 77.3 Å². The first kappa shape index (κ1) is 26.8. The molecule has 0 radical (unpaired) electrons. The molecule has 0 amide bonds. The van der Waals surface area contributed by atoms with Crippen LogP contribution < -0.4 is 0 Å². The Kier molecular flexibility index (Phi) is 11.8. The quantitative estimate of drug-likeness (QED) is 0.156. The molecule has 0 aromatic heterocycles. The van der Waals surface area contributed by atoms with Crippen molar-refractivity contribution < 1.29 is 38.6 Å². The number of aliphatic hydroxyl groups excluding tert-OH is 2. The molecule has 4 N–H and O–H groups in total. The van der Waals surface area contributed by atoms with E-state index in [-0.39, 0.29) is 12.8 Å². The number of carbonyl (C=O) groups is 1. The third-order valence-corrected chi connectivity index (χ3v) is 5.39. The Morgan fingerprint density at radius 3 is 2.57 bits per heavy atom.